The molecule has 2 aromatic carbocycles. The van der Waals surface area contributed by atoms with E-state index >= 15 is 0 Å². The molecule has 4 aromatic rings. The van der Waals surface area contributed by atoms with Gasteiger partial charge >= 0.3 is 0 Å². The van der Waals surface area contributed by atoms with E-state index in [2.05, 4.69) is 26.4 Å². The van der Waals surface area contributed by atoms with Crippen LogP contribution in [-0.2, 0) is 9.59 Å². The predicted octanol–water partition coefficient (Wildman–Crippen LogP) is 3.80. The number of carbonyl (C=O) groups excluding carboxylic acids is 2. The third-order valence-electron chi connectivity index (χ3n) is 7.94. The van der Waals surface area contributed by atoms with Crippen LogP contribution in [0.4, 0.5) is 5.82 Å². The Morgan fingerprint density at radius 3 is 2.48 bits per heavy atom. The number of likely N-dealkylation sites (N-methyl/N-ethyl adjacent to an activating group) is 2. The maximum Gasteiger partial charge on any atom is 0.246 e. The smallest absolute Gasteiger partial charge is 0.246 e. The summed E-state index contributed by atoms with van der Waals surface area (Å²) in [7, 11) is 5.73. The van der Waals surface area contributed by atoms with Crippen LogP contribution < -0.4 is 10.5 Å². The van der Waals surface area contributed by atoms with Crippen molar-refractivity contribution in [3.8, 4) is 34.5 Å². The van der Waals surface area contributed by atoms with Crippen molar-refractivity contribution in [2.45, 2.75) is 12.5 Å². The molecule has 2 N–H and O–H groups in total. The van der Waals surface area contributed by atoms with E-state index in [1.165, 1.54) is 6.33 Å². The highest BCUT2D eigenvalue weighted by atomic mass is 16.5. The van der Waals surface area contributed by atoms with E-state index in [0.717, 1.165) is 22.6 Å². The van der Waals surface area contributed by atoms with Crippen molar-refractivity contribution in [1.29, 1.82) is 0 Å². The Balaban J connectivity index is 1.37. The fourth-order valence-electron chi connectivity index (χ4n) is 5.63. The van der Waals surface area contributed by atoms with Crippen molar-refractivity contribution < 1.29 is 14.3 Å². The van der Waals surface area contributed by atoms with Crippen LogP contribution in [0.25, 0.3) is 22.2 Å². The summed E-state index contributed by atoms with van der Waals surface area (Å²) >= 11 is 0. The Morgan fingerprint density at radius 2 is 1.80 bits per heavy atom. The Hall–Kier alpha value is -5.14. The fraction of sp³-hybridized carbons (Fsp3) is 0.294. The lowest BCUT2D eigenvalue weighted by molar-refractivity contribution is -0.130. The number of fused-ring (bicyclic) bond motifs is 1. The molecule has 44 heavy (non-hydrogen) atoms. The number of para-hydroxylation sites is 1. The quantitative estimate of drug-likeness (QED) is 0.258. The van der Waals surface area contributed by atoms with Crippen LogP contribution in [0.2, 0.25) is 0 Å². The van der Waals surface area contributed by atoms with E-state index < -0.39 is 0 Å². The number of aromatic nitrogens is 3. The third kappa shape index (κ3) is 5.87. The maximum atomic E-state index is 12.6. The number of carbonyl (C=O) groups is 2. The van der Waals surface area contributed by atoms with Crippen molar-refractivity contribution in [2.24, 2.45) is 5.92 Å². The molecule has 0 bridgehead atoms. The molecule has 1 unspecified atom stereocenters. The summed E-state index contributed by atoms with van der Waals surface area (Å²) in [5.74, 6) is 8.73. The summed E-state index contributed by atoms with van der Waals surface area (Å²) in [5, 5.41) is 0.701. The summed E-state index contributed by atoms with van der Waals surface area (Å²) < 4.78 is 8.08. The molecule has 0 aliphatic carbocycles. The average Bonchev–Trinajstić information content (AvgIpc) is 3.49. The highest BCUT2D eigenvalue weighted by Crippen LogP contribution is 2.40. The Labute approximate surface area is 256 Å². The van der Waals surface area contributed by atoms with E-state index in [0.29, 0.717) is 55.2 Å². The van der Waals surface area contributed by atoms with Gasteiger partial charge in [0.25, 0.3) is 0 Å². The number of ether oxygens (including phenoxy) is 1. The lowest BCUT2D eigenvalue weighted by Crippen LogP contribution is -2.48. The van der Waals surface area contributed by atoms with E-state index in [-0.39, 0.29) is 23.8 Å². The molecule has 4 heterocycles. The molecule has 0 spiro atoms. The molecule has 1 atom stereocenters. The van der Waals surface area contributed by atoms with E-state index in [4.69, 9.17) is 10.5 Å². The van der Waals surface area contributed by atoms with Gasteiger partial charge < -0.3 is 29.7 Å². The van der Waals surface area contributed by atoms with Gasteiger partial charge in [0.05, 0.1) is 17.3 Å². The number of nitrogen functional groups attached to an aromatic ring is 1. The first-order valence-electron chi connectivity index (χ1n) is 14.6. The number of likely N-dealkylation sites (tertiary alicyclic amines) is 2. The first kappa shape index (κ1) is 29.0. The van der Waals surface area contributed by atoms with Crippen LogP contribution in [0.1, 0.15) is 18.2 Å². The van der Waals surface area contributed by atoms with Gasteiger partial charge in [0.1, 0.15) is 35.0 Å². The lowest BCUT2D eigenvalue weighted by Gasteiger charge is -2.35. The van der Waals surface area contributed by atoms with Gasteiger partial charge in [-0.25, -0.2) is 9.97 Å². The Morgan fingerprint density at radius 1 is 1.07 bits per heavy atom. The molecular weight excluding hydrogens is 554 g/mol. The Bertz CT molecular complexity index is 1780. The van der Waals surface area contributed by atoms with Crippen LogP contribution in [0.5, 0.6) is 11.5 Å². The molecule has 2 fully saturated rings. The average molecular weight is 590 g/mol. The summed E-state index contributed by atoms with van der Waals surface area (Å²) in [5.41, 5.74) is 9.57. The standard InChI is InChI=1S/C34H35N7O3/c1-38(2)17-7-10-29(42)40-19-23(20-40)11-16-28-31(24-12-14-27(15-13-24)44-26-8-5-4-6-9-26)32-33(35)36-22-37-34(32)41(28)25-18-30(43)39(3)21-25/h4-10,12-15,22-23,25H,17-21H2,1-3H3,(H2,35,36,37)/b10-7+. The van der Waals surface area contributed by atoms with Crippen LogP contribution in [0.3, 0.4) is 0 Å². The molecule has 10 nitrogen and oxygen atoms in total. The van der Waals surface area contributed by atoms with Crippen molar-refractivity contribution in [3.05, 3.63) is 78.8 Å². The molecular formula is C34H35N7O3. The van der Waals surface area contributed by atoms with Crippen LogP contribution in [-0.4, -0.2) is 88.4 Å². The van der Waals surface area contributed by atoms with Gasteiger partial charge in [-0.3, -0.25) is 9.59 Å². The topological polar surface area (TPSA) is 110 Å². The summed E-state index contributed by atoms with van der Waals surface area (Å²) in [6, 6.07) is 17.2. The molecule has 224 valence electrons. The zero-order valence-corrected chi connectivity index (χ0v) is 25.1. The molecule has 2 aliphatic heterocycles. The first-order chi connectivity index (χ1) is 21.3. The summed E-state index contributed by atoms with van der Waals surface area (Å²) in [6.07, 6.45) is 5.28. The van der Waals surface area contributed by atoms with Crippen molar-refractivity contribution >= 4 is 28.7 Å². The fourth-order valence-corrected chi connectivity index (χ4v) is 5.63. The van der Waals surface area contributed by atoms with Crippen LogP contribution in [0, 0.1) is 17.8 Å². The minimum absolute atomic E-state index is 0.00642. The Kier molecular flexibility index (Phi) is 8.05. The predicted molar refractivity (Wildman–Crippen MR) is 170 cm³/mol. The van der Waals surface area contributed by atoms with Gasteiger partial charge in [0.15, 0.2) is 0 Å². The number of hydrogen-bond donors (Lipinski definition) is 1. The summed E-state index contributed by atoms with van der Waals surface area (Å²) in [6.45, 7) is 2.37. The number of nitrogens with zero attached hydrogens (tertiary/aromatic N) is 6. The molecule has 2 aliphatic rings. The minimum atomic E-state index is -0.163. The molecule has 10 heteroatoms. The molecule has 2 amide bonds. The number of hydrogen-bond acceptors (Lipinski definition) is 7. The van der Waals surface area contributed by atoms with Gasteiger partial charge in [-0.05, 0) is 49.8 Å². The number of amides is 2. The first-order valence-corrected chi connectivity index (χ1v) is 14.6. The largest absolute Gasteiger partial charge is 0.457 e. The maximum absolute atomic E-state index is 12.6. The van der Waals surface area contributed by atoms with Crippen molar-refractivity contribution in [1.82, 2.24) is 29.2 Å². The normalized spacial score (nSPS) is 16.9. The van der Waals surface area contributed by atoms with Gasteiger partial charge in [-0.2, -0.15) is 0 Å². The van der Waals surface area contributed by atoms with Gasteiger partial charge in [0, 0.05) is 51.3 Å². The number of rotatable bonds is 7. The summed E-state index contributed by atoms with van der Waals surface area (Å²) in [4.78, 5) is 39.7. The second kappa shape index (κ2) is 12.2. The molecule has 6 rings (SSSR count). The second-order valence-electron chi connectivity index (χ2n) is 11.5. The number of anilines is 1. The highest BCUT2D eigenvalue weighted by molar-refractivity contribution is 6.04. The SMILES string of the molecule is CN(C)C/C=C/C(=O)N1CC(C#Cc2c(-c3ccc(Oc4ccccc4)cc3)c3c(N)ncnc3n2C2CC(=O)N(C)C2)C1. The van der Waals surface area contributed by atoms with Crippen molar-refractivity contribution in [2.75, 3.05) is 53.1 Å². The van der Waals surface area contributed by atoms with Gasteiger partial charge in [-0.1, -0.05) is 42.3 Å². The molecule has 2 aromatic heterocycles. The zero-order chi connectivity index (χ0) is 30.8. The lowest BCUT2D eigenvalue weighted by atomic mass is 9.99. The van der Waals surface area contributed by atoms with E-state index in [9.17, 15) is 9.59 Å². The monoisotopic (exact) mass is 589 g/mol. The van der Waals surface area contributed by atoms with Crippen LogP contribution in [0.15, 0.2) is 73.1 Å². The third-order valence-corrected chi connectivity index (χ3v) is 7.94. The van der Waals surface area contributed by atoms with Crippen molar-refractivity contribution in [3.63, 3.8) is 0 Å². The highest BCUT2D eigenvalue weighted by Gasteiger charge is 2.34. The minimum Gasteiger partial charge on any atom is -0.457 e. The van der Waals surface area contributed by atoms with Crippen LogP contribution >= 0.6 is 0 Å². The van der Waals surface area contributed by atoms with Gasteiger partial charge in [0.2, 0.25) is 11.8 Å². The van der Waals surface area contributed by atoms with E-state index in [1.54, 1.807) is 15.9 Å². The number of benzene rings is 2. The van der Waals surface area contributed by atoms with Gasteiger partial charge in [-0.15, -0.1) is 0 Å². The molecule has 0 radical (unpaired) electrons. The molecule has 2 saturated heterocycles. The molecule has 0 saturated carbocycles. The zero-order valence-electron chi connectivity index (χ0n) is 25.1. The number of nitrogens with two attached hydrogens (primary N) is 1. The van der Waals surface area contributed by atoms with E-state index in [1.807, 2.05) is 86.7 Å². The second-order valence-corrected chi connectivity index (χ2v) is 11.5.